The first kappa shape index (κ1) is 43.0. The van der Waals surface area contributed by atoms with E-state index in [0.717, 1.165) is 0 Å². The Kier molecular flexibility index (Phi) is 33.3. The van der Waals surface area contributed by atoms with Crippen LogP contribution in [0.25, 0.3) is 0 Å². The predicted molar refractivity (Wildman–Crippen MR) is 166 cm³/mol. The number of amides is 3. The van der Waals surface area contributed by atoms with Crippen molar-refractivity contribution in [3.05, 3.63) is 0 Å². The Morgan fingerprint density at radius 3 is 1.18 bits per heavy atom. The summed E-state index contributed by atoms with van der Waals surface area (Å²) in [7, 11) is 0. The molecule has 17 nitrogen and oxygen atoms in total. The van der Waals surface area contributed by atoms with Gasteiger partial charge in [0, 0.05) is 52.0 Å². The number of hydrogen-bond acceptors (Lipinski definition) is 14. The van der Waals surface area contributed by atoms with Crippen molar-refractivity contribution >= 4 is 17.7 Å². The second-order valence-corrected chi connectivity index (χ2v) is 9.40. The SMILES string of the molecule is NCCOCCNC(=O)CCOCC(COCCC(=O)NCCOCCN)NC(=O)CCOCCOCCOCCOCCN. The Balaban J connectivity index is 4.23. The third-order valence-corrected chi connectivity index (χ3v) is 5.46. The van der Waals surface area contributed by atoms with E-state index in [1.54, 1.807) is 0 Å². The molecule has 0 spiro atoms. The van der Waals surface area contributed by atoms with Crippen LogP contribution in [-0.2, 0) is 52.3 Å². The van der Waals surface area contributed by atoms with E-state index in [0.29, 0.717) is 105 Å². The first-order valence-corrected chi connectivity index (χ1v) is 15.6. The quantitative estimate of drug-likeness (QED) is 0.0371. The lowest BCUT2D eigenvalue weighted by atomic mass is 10.3. The Bertz CT molecular complexity index is 663. The van der Waals surface area contributed by atoms with Crippen LogP contribution in [-0.4, -0.2) is 162 Å². The van der Waals surface area contributed by atoms with E-state index in [-0.39, 0.29) is 70.0 Å². The third kappa shape index (κ3) is 33.2. The molecule has 0 aliphatic rings. The molecule has 0 aromatic heterocycles. The molecule has 0 rings (SSSR count). The lowest BCUT2D eigenvalue weighted by Gasteiger charge is -2.19. The van der Waals surface area contributed by atoms with Crippen LogP contribution in [0.5, 0.6) is 0 Å². The standard InChI is InChI=1S/C28H58N6O11/c29-4-12-39-15-7-32-26(35)1-10-44-23-25(24-45-11-2-27(36)33-8-16-40-13-5-30)34-28(37)3-9-38-17-19-42-21-22-43-20-18-41-14-6-31/h25H,1-24,29-31H2,(H,32,35)(H,33,36)(H,34,37). The first-order valence-electron chi connectivity index (χ1n) is 15.6. The average molecular weight is 655 g/mol. The Morgan fingerprint density at radius 1 is 0.422 bits per heavy atom. The number of hydrogen-bond donors (Lipinski definition) is 6. The maximum absolute atomic E-state index is 12.5. The van der Waals surface area contributed by atoms with Gasteiger partial charge in [0.25, 0.3) is 0 Å². The molecular weight excluding hydrogens is 596 g/mol. The lowest BCUT2D eigenvalue weighted by molar-refractivity contribution is -0.126. The van der Waals surface area contributed by atoms with Gasteiger partial charge in [-0.1, -0.05) is 0 Å². The van der Waals surface area contributed by atoms with E-state index in [4.69, 9.17) is 55.1 Å². The zero-order valence-corrected chi connectivity index (χ0v) is 26.8. The van der Waals surface area contributed by atoms with Crippen molar-refractivity contribution in [1.29, 1.82) is 0 Å². The van der Waals surface area contributed by atoms with Crippen molar-refractivity contribution < 1.29 is 52.3 Å². The number of ether oxygens (including phenoxy) is 8. The highest BCUT2D eigenvalue weighted by molar-refractivity contribution is 5.76. The number of nitrogens with one attached hydrogen (secondary N) is 3. The second kappa shape index (κ2) is 34.8. The fourth-order valence-electron chi connectivity index (χ4n) is 3.30. The number of rotatable bonds is 35. The molecular formula is C28H58N6O11. The van der Waals surface area contributed by atoms with E-state index in [1.165, 1.54) is 0 Å². The molecule has 0 saturated heterocycles. The predicted octanol–water partition coefficient (Wildman–Crippen LogP) is -3.12. The molecule has 0 aromatic carbocycles. The molecule has 3 amide bonds. The summed E-state index contributed by atoms with van der Waals surface area (Å²) < 4.78 is 43.1. The van der Waals surface area contributed by atoms with Crippen LogP contribution in [0.1, 0.15) is 19.3 Å². The van der Waals surface area contributed by atoms with Crippen LogP contribution >= 0.6 is 0 Å². The molecule has 0 saturated carbocycles. The van der Waals surface area contributed by atoms with E-state index in [1.807, 2.05) is 0 Å². The fraction of sp³-hybridized carbons (Fsp3) is 0.893. The minimum absolute atomic E-state index is 0.124. The van der Waals surface area contributed by atoms with E-state index < -0.39 is 6.04 Å². The summed E-state index contributed by atoms with van der Waals surface area (Å²) in [6, 6.07) is -0.484. The van der Waals surface area contributed by atoms with Gasteiger partial charge in [-0.25, -0.2) is 0 Å². The van der Waals surface area contributed by atoms with Crippen molar-refractivity contribution in [1.82, 2.24) is 16.0 Å². The molecule has 0 bridgehead atoms. The van der Waals surface area contributed by atoms with Crippen molar-refractivity contribution in [2.75, 3.05) is 138 Å². The third-order valence-electron chi connectivity index (χ3n) is 5.46. The Hall–Kier alpha value is -2.03. The molecule has 0 radical (unpaired) electrons. The van der Waals surface area contributed by atoms with Gasteiger partial charge in [-0.15, -0.1) is 0 Å². The topological polar surface area (TPSA) is 239 Å². The largest absolute Gasteiger partial charge is 0.379 e. The van der Waals surface area contributed by atoms with E-state index in [2.05, 4.69) is 16.0 Å². The molecule has 0 heterocycles. The van der Waals surface area contributed by atoms with Crippen LogP contribution in [0.2, 0.25) is 0 Å². The molecule has 9 N–H and O–H groups in total. The van der Waals surface area contributed by atoms with Crippen molar-refractivity contribution in [3.8, 4) is 0 Å². The maximum atomic E-state index is 12.5. The van der Waals surface area contributed by atoms with Gasteiger partial charge in [0.15, 0.2) is 0 Å². The summed E-state index contributed by atoms with van der Waals surface area (Å²) in [6.07, 6.45) is 0.434. The van der Waals surface area contributed by atoms with E-state index >= 15 is 0 Å². The van der Waals surface area contributed by atoms with E-state index in [9.17, 15) is 14.4 Å². The average Bonchev–Trinajstić information content (AvgIpc) is 3.03. The van der Waals surface area contributed by atoms with Gasteiger partial charge in [0.1, 0.15) is 0 Å². The van der Waals surface area contributed by atoms with Crippen molar-refractivity contribution in [2.45, 2.75) is 25.3 Å². The van der Waals surface area contributed by atoms with Crippen LogP contribution in [0.3, 0.4) is 0 Å². The summed E-state index contributed by atoms with van der Waals surface area (Å²) in [5, 5.41) is 8.32. The molecule has 0 unspecified atom stereocenters. The number of carbonyl (C=O) groups excluding carboxylic acids is 3. The summed E-state index contributed by atoms with van der Waals surface area (Å²) >= 11 is 0. The lowest BCUT2D eigenvalue weighted by Crippen LogP contribution is -2.42. The minimum Gasteiger partial charge on any atom is -0.379 e. The first-order chi connectivity index (χ1) is 22.0. The number of nitrogens with two attached hydrogens (primary N) is 3. The summed E-state index contributed by atoms with van der Waals surface area (Å²) in [6.45, 7) is 7.60. The van der Waals surface area contributed by atoms with Crippen LogP contribution < -0.4 is 33.2 Å². The van der Waals surface area contributed by atoms with Crippen molar-refractivity contribution in [2.24, 2.45) is 17.2 Å². The van der Waals surface area contributed by atoms with Crippen LogP contribution in [0.4, 0.5) is 0 Å². The van der Waals surface area contributed by atoms with Gasteiger partial charge in [-0.3, -0.25) is 14.4 Å². The molecule has 0 aliphatic heterocycles. The van der Waals surface area contributed by atoms with Gasteiger partial charge >= 0.3 is 0 Å². The monoisotopic (exact) mass is 654 g/mol. The fourth-order valence-corrected chi connectivity index (χ4v) is 3.30. The second-order valence-electron chi connectivity index (χ2n) is 9.40. The minimum atomic E-state index is -0.484. The molecule has 266 valence electrons. The molecule has 45 heavy (non-hydrogen) atoms. The van der Waals surface area contributed by atoms with Crippen molar-refractivity contribution in [3.63, 3.8) is 0 Å². The highest BCUT2D eigenvalue weighted by Crippen LogP contribution is 1.95. The van der Waals surface area contributed by atoms with Gasteiger partial charge in [-0.2, -0.15) is 0 Å². The molecule has 0 aromatic rings. The molecule has 0 fully saturated rings. The van der Waals surface area contributed by atoms with Crippen LogP contribution in [0, 0.1) is 0 Å². The Labute approximate surface area is 267 Å². The highest BCUT2D eigenvalue weighted by Gasteiger charge is 2.14. The summed E-state index contributed by atoms with van der Waals surface area (Å²) in [5.41, 5.74) is 16.0. The van der Waals surface area contributed by atoms with Gasteiger partial charge in [0.05, 0.1) is 112 Å². The summed E-state index contributed by atoms with van der Waals surface area (Å²) in [5.74, 6) is -0.600. The molecule has 0 aliphatic carbocycles. The maximum Gasteiger partial charge on any atom is 0.222 e. The van der Waals surface area contributed by atoms with Gasteiger partial charge in [-0.05, 0) is 0 Å². The molecule has 0 atom stereocenters. The van der Waals surface area contributed by atoms with Gasteiger partial charge < -0.3 is 71.0 Å². The zero-order chi connectivity index (χ0) is 33.1. The molecule has 17 heteroatoms. The number of carbonyl (C=O) groups is 3. The van der Waals surface area contributed by atoms with Gasteiger partial charge in [0.2, 0.25) is 17.7 Å². The Morgan fingerprint density at radius 2 is 0.756 bits per heavy atom. The normalized spacial score (nSPS) is 11.2. The zero-order valence-electron chi connectivity index (χ0n) is 26.8. The van der Waals surface area contributed by atoms with Crippen LogP contribution in [0.15, 0.2) is 0 Å². The summed E-state index contributed by atoms with van der Waals surface area (Å²) in [4.78, 5) is 36.4. The highest BCUT2D eigenvalue weighted by atomic mass is 16.6. The smallest absolute Gasteiger partial charge is 0.222 e.